The normalized spacial score (nSPS) is 14.3. The first-order chi connectivity index (χ1) is 8.98. The summed E-state index contributed by atoms with van der Waals surface area (Å²) in [5.41, 5.74) is -0.225. The lowest BCUT2D eigenvalue weighted by Gasteiger charge is -2.26. The Kier molecular flexibility index (Phi) is 3.66. The molecule has 0 fully saturated rings. The summed E-state index contributed by atoms with van der Waals surface area (Å²) in [5, 5.41) is 13.2. The van der Waals surface area contributed by atoms with E-state index in [1.54, 1.807) is 6.92 Å². The van der Waals surface area contributed by atoms with Crippen molar-refractivity contribution in [3.05, 3.63) is 12.0 Å². The second-order valence-corrected chi connectivity index (χ2v) is 5.43. The van der Waals surface area contributed by atoms with Gasteiger partial charge in [-0.25, -0.2) is 14.8 Å². The monoisotopic (exact) mass is 280 g/mol. The average molecular weight is 280 g/mol. The molecular formula is C12H16N4O2S. The molecule has 19 heavy (non-hydrogen) atoms. The molecule has 0 aromatic carbocycles. The van der Waals surface area contributed by atoms with Crippen LogP contribution >= 0.6 is 11.5 Å². The van der Waals surface area contributed by atoms with Gasteiger partial charge in [0.25, 0.3) is 0 Å². The minimum Gasteiger partial charge on any atom is -0.480 e. The molecular weight excluding hydrogens is 264 g/mol. The van der Waals surface area contributed by atoms with Crippen molar-refractivity contribution in [3.63, 3.8) is 0 Å². The van der Waals surface area contributed by atoms with Crippen LogP contribution in [0.15, 0.2) is 6.33 Å². The molecule has 0 saturated heterocycles. The van der Waals surface area contributed by atoms with E-state index in [1.165, 1.54) is 17.9 Å². The van der Waals surface area contributed by atoms with Crippen molar-refractivity contribution < 1.29 is 9.90 Å². The third-order valence-electron chi connectivity index (χ3n) is 3.06. The van der Waals surface area contributed by atoms with Crippen molar-refractivity contribution in [3.8, 4) is 0 Å². The SMILES string of the molecule is CCCC(C)(Nc1ncnc2snc(C)c12)C(=O)O. The highest BCUT2D eigenvalue weighted by Crippen LogP contribution is 2.29. The van der Waals surface area contributed by atoms with Crippen LogP contribution in [0.5, 0.6) is 0 Å². The van der Waals surface area contributed by atoms with E-state index in [-0.39, 0.29) is 0 Å². The Morgan fingerprint density at radius 2 is 2.26 bits per heavy atom. The molecule has 0 saturated carbocycles. The number of carbonyl (C=O) groups is 1. The van der Waals surface area contributed by atoms with Gasteiger partial charge in [0, 0.05) is 0 Å². The number of hydrogen-bond donors (Lipinski definition) is 2. The van der Waals surface area contributed by atoms with Gasteiger partial charge in [-0.15, -0.1) is 0 Å². The lowest BCUT2D eigenvalue weighted by Crippen LogP contribution is -2.43. The lowest BCUT2D eigenvalue weighted by atomic mass is 9.96. The zero-order valence-corrected chi connectivity index (χ0v) is 11.9. The molecule has 2 rings (SSSR count). The van der Waals surface area contributed by atoms with Gasteiger partial charge in [-0.1, -0.05) is 13.3 Å². The van der Waals surface area contributed by atoms with E-state index in [9.17, 15) is 9.90 Å². The minimum atomic E-state index is -1.04. The van der Waals surface area contributed by atoms with Gasteiger partial charge in [-0.2, -0.15) is 4.37 Å². The molecule has 0 bridgehead atoms. The van der Waals surface area contributed by atoms with Gasteiger partial charge < -0.3 is 10.4 Å². The van der Waals surface area contributed by atoms with Gasteiger partial charge >= 0.3 is 5.97 Å². The quantitative estimate of drug-likeness (QED) is 0.874. The molecule has 0 aliphatic carbocycles. The topological polar surface area (TPSA) is 88.0 Å². The number of nitrogens with one attached hydrogen (secondary N) is 1. The maximum Gasteiger partial charge on any atom is 0.329 e. The van der Waals surface area contributed by atoms with Crippen molar-refractivity contribution in [1.82, 2.24) is 14.3 Å². The Balaban J connectivity index is 2.45. The van der Waals surface area contributed by atoms with Crippen LogP contribution < -0.4 is 5.32 Å². The largest absolute Gasteiger partial charge is 0.480 e. The van der Waals surface area contributed by atoms with E-state index < -0.39 is 11.5 Å². The zero-order valence-electron chi connectivity index (χ0n) is 11.1. The molecule has 1 unspecified atom stereocenters. The van der Waals surface area contributed by atoms with E-state index in [4.69, 9.17) is 0 Å². The molecule has 6 nitrogen and oxygen atoms in total. The molecule has 2 aromatic rings. The number of aryl methyl sites for hydroxylation is 1. The molecule has 7 heteroatoms. The summed E-state index contributed by atoms with van der Waals surface area (Å²) in [5.74, 6) is -0.350. The van der Waals surface area contributed by atoms with Gasteiger partial charge in [0.1, 0.15) is 22.5 Å². The predicted molar refractivity (Wildman–Crippen MR) is 74.5 cm³/mol. The molecule has 0 aliphatic heterocycles. The predicted octanol–water partition coefficient (Wildman–Crippen LogP) is 2.45. The van der Waals surface area contributed by atoms with Crippen LogP contribution in [0.2, 0.25) is 0 Å². The van der Waals surface area contributed by atoms with Gasteiger partial charge in [0.15, 0.2) is 0 Å². The maximum atomic E-state index is 11.5. The van der Waals surface area contributed by atoms with Crippen molar-refractivity contribution in [2.45, 2.75) is 39.2 Å². The second kappa shape index (κ2) is 5.08. The summed E-state index contributed by atoms with van der Waals surface area (Å²) in [6.07, 6.45) is 2.71. The van der Waals surface area contributed by atoms with Crippen LogP contribution in [-0.4, -0.2) is 31.0 Å². The van der Waals surface area contributed by atoms with Crippen LogP contribution in [-0.2, 0) is 4.79 Å². The number of aromatic nitrogens is 3. The van der Waals surface area contributed by atoms with E-state index in [0.29, 0.717) is 12.2 Å². The smallest absolute Gasteiger partial charge is 0.329 e. The summed E-state index contributed by atoms with van der Waals surface area (Å²) in [7, 11) is 0. The van der Waals surface area contributed by atoms with Crippen LogP contribution in [0.3, 0.4) is 0 Å². The third-order valence-corrected chi connectivity index (χ3v) is 3.91. The number of carboxylic acid groups (broad SMARTS) is 1. The standard InChI is InChI=1S/C12H16N4O2S/c1-4-5-12(3,11(17)18)15-9-8-7(2)16-19-10(8)14-6-13-9/h6H,4-5H2,1-3H3,(H,17,18)(H,13,14,15). The van der Waals surface area contributed by atoms with E-state index in [0.717, 1.165) is 22.3 Å². The number of carboxylic acids is 1. The Labute approximate surface area is 115 Å². The molecule has 2 aromatic heterocycles. The molecule has 1 atom stereocenters. The number of nitrogens with zero attached hydrogens (tertiary/aromatic N) is 3. The van der Waals surface area contributed by atoms with E-state index in [2.05, 4.69) is 19.7 Å². The molecule has 0 aliphatic rings. The zero-order chi connectivity index (χ0) is 14.0. The maximum absolute atomic E-state index is 11.5. The average Bonchev–Trinajstić information content (AvgIpc) is 2.72. The molecule has 0 amide bonds. The Bertz CT molecular complexity index is 613. The molecule has 102 valence electrons. The van der Waals surface area contributed by atoms with Gasteiger partial charge in [-0.05, 0) is 31.8 Å². The van der Waals surface area contributed by atoms with Crippen LogP contribution in [0.1, 0.15) is 32.4 Å². The van der Waals surface area contributed by atoms with Crippen molar-refractivity contribution >= 4 is 33.5 Å². The summed E-state index contributed by atoms with van der Waals surface area (Å²) in [6, 6.07) is 0. The second-order valence-electron chi connectivity index (χ2n) is 4.68. The van der Waals surface area contributed by atoms with Gasteiger partial charge in [0.2, 0.25) is 0 Å². The van der Waals surface area contributed by atoms with E-state index in [1.807, 2.05) is 13.8 Å². The Morgan fingerprint density at radius 1 is 1.53 bits per heavy atom. The first kappa shape index (κ1) is 13.7. The molecule has 2 N–H and O–H groups in total. The van der Waals surface area contributed by atoms with Crippen molar-refractivity contribution in [1.29, 1.82) is 0 Å². The van der Waals surface area contributed by atoms with E-state index >= 15 is 0 Å². The fourth-order valence-electron chi connectivity index (χ4n) is 2.00. The molecule has 0 radical (unpaired) electrons. The summed E-state index contributed by atoms with van der Waals surface area (Å²) in [6.45, 7) is 5.49. The number of anilines is 1. The number of fused-ring (bicyclic) bond motifs is 1. The first-order valence-electron chi connectivity index (χ1n) is 6.06. The van der Waals surface area contributed by atoms with Gasteiger partial charge in [-0.3, -0.25) is 0 Å². The molecule has 2 heterocycles. The highest BCUT2D eigenvalue weighted by Gasteiger charge is 2.33. The van der Waals surface area contributed by atoms with Crippen molar-refractivity contribution in [2.75, 3.05) is 5.32 Å². The van der Waals surface area contributed by atoms with Crippen molar-refractivity contribution in [2.24, 2.45) is 0 Å². The van der Waals surface area contributed by atoms with Gasteiger partial charge in [0.05, 0.1) is 11.1 Å². The minimum absolute atomic E-state index is 0.518. The fraction of sp³-hybridized carbons (Fsp3) is 0.500. The summed E-state index contributed by atoms with van der Waals surface area (Å²) in [4.78, 5) is 20.5. The summed E-state index contributed by atoms with van der Waals surface area (Å²) < 4.78 is 4.23. The number of rotatable bonds is 5. The van der Waals surface area contributed by atoms with Crippen LogP contribution in [0, 0.1) is 6.92 Å². The van der Waals surface area contributed by atoms with Crippen LogP contribution in [0.4, 0.5) is 5.82 Å². The number of aliphatic carboxylic acids is 1. The third kappa shape index (κ3) is 2.51. The highest BCUT2D eigenvalue weighted by atomic mass is 32.1. The Morgan fingerprint density at radius 3 is 2.89 bits per heavy atom. The van der Waals surface area contributed by atoms with Crippen LogP contribution in [0.25, 0.3) is 10.2 Å². The Hall–Kier alpha value is -1.76. The molecule has 0 spiro atoms. The first-order valence-corrected chi connectivity index (χ1v) is 6.84. The number of hydrogen-bond acceptors (Lipinski definition) is 6. The summed E-state index contributed by atoms with van der Waals surface area (Å²) >= 11 is 1.29. The fourth-order valence-corrected chi connectivity index (χ4v) is 2.75. The highest BCUT2D eigenvalue weighted by molar-refractivity contribution is 7.13. The lowest BCUT2D eigenvalue weighted by molar-refractivity contribution is -0.142.